The number of rotatable bonds is 6. The van der Waals surface area contributed by atoms with Gasteiger partial charge in [-0.2, -0.15) is 0 Å². The molecule has 0 unspecified atom stereocenters. The van der Waals surface area contributed by atoms with E-state index in [1.54, 1.807) is 13.0 Å². The van der Waals surface area contributed by atoms with E-state index in [-0.39, 0.29) is 24.7 Å². The number of carbonyl (C=O) groups excluding carboxylic acids is 2. The van der Waals surface area contributed by atoms with Crippen molar-refractivity contribution in [2.24, 2.45) is 22.7 Å². The summed E-state index contributed by atoms with van der Waals surface area (Å²) in [6.45, 7) is 2.76. The topological polar surface area (TPSA) is 139 Å². The number of aliphatic hydroxyl groups excluding tert-OH is 3. The molecule has 4 aliphatic carbocycles. The van der Waals surface area contributed by atoms with Crippen LogP contribution in [0.4, 0.5) is 10.1 Å². The van der Waals surface area contributed by atoms with Crippen molar-refractivity contribution in [2.75, 3.05) is 12.3 Å². The van der Waals surface area contributed by atoms with Gasteiger partial charge in [-0.05, 0) is 74.4 Å². The fourth-order valence-corrected chi connectivity index (χ4v) is 10.4. The van der Waals surface area contributed by atoms with Crippen LogP contribution in [-0.2, 0) is 32.1 Å². The molecular weight excluding hydrogens is 585 g/mol. The first-order chi connectivity index (χ1) is 20.9. The predicted octanol–water partition coefficient (Wildman–Crippen LogP) is 4.11. The Morgan fingerprint density at radius 3 is 2.70 bits per heavy atom. The van der Waals surface area contributed by atoms with Gasteiger partial charge in [0.05, 0.1) is 23.7 Å². The molecule has 0 bridgehead atoms. The molecule has 44 heavy (non-hydrogen) atoms. The zero-order chi connectivity index (χ0) is 31.2. The fourth-order valence-electron chi connectivity index (χ4n) is 9.42. The summed E-state index contributed by atoms with van der Waals surface area (Å²) in [5.41, 5.74) is 3.22. The number of carbonyl (C=O) groups is 2. The van der Waals surface area contributed by atoms with Gasteiger partial charge in [0.2, 0.25) is 0 Å². The summed E-state index contributed by atoms with van der Waals surface area (Å²) < 4.78 is 30.7. The predicted molar refractivity (Wildman–Crippen MR) is 161 cm³/mol. The highest BCUT2D eigenvalue weighted by Gasteiger charge is 2.79. The number of ether oxygens (including phenoxy) is 2. The van der Waals surface area contributed by atoms with Crippen molar-refractivity contribution < 1.29 is 38.8 Å². The van der Waals surface area contributed by atoms with Crippen molar-refractivity contribution in [1.29, 1.82) is 0 Å². The summed E-state index contributed by atoms with van der Waals surface area (Å²) in [7, 11) is 0. The Labute approximate surface area is 259 Å². The summed E-state index contributed by atoms with van der Waals surface area (Å²) in [5.74, 6) is -1.65. The minimum absolute atomic E-state index is 0.0470. The van der Waals surface area contributed by atoms with Crippen LogP contribution in [0.15, 0.2) is 54.1 Å². The van der Waals surface area contributed by atoms with Crippen LogP contribution in [0.5, 0.6) is 0 Å². The van der Waals surface area contributed by atoms with E-state index < -0.39 is 58.9 Å². The van der Waals surface area contributed by atoms with E-state index >= 15 is 4.39 Å². The monoisotopic (exact) mass is 623 g/mol. The SMILES string of the molecule is C[C@]12C=CC(=O)C=C1CC[C@H]1[C@@H]3C[C@H]4O[C@@H](c5ccc(Cc6ccc(CO)c(N)c6)s5)O[C@@]4(C(=O)CO)[C@@]3(C)C[C@H](O)[C@@]12F. The molecule has 1 aromatic carbocycles. The number of fused-ring (bicyclic) bond motifs is 7. The van der Waals surface area contributed by atoms with E-state index in [4.69, 9.17) is 15.2 Å². The zero-order valence-electron chi connectivity index (χ0n) is 24.8. The van der Waals surface area contributed by atoms with Gasteiger partial charge in [0.1, 0.15) is 6.61 Å². The Bertz CT molecular complexity index is 1600. The van der Waals surface area contributed by atoms with Crippen LogP contribution in [0.25, 0.3) is 0 Å². The van der Waals surface area contributed by atoms with Gasteiger partial charge >= 0.3 is 0 Å². The van der Waals surface area contributed by atoms with Gasteiger partial charge < -0.3 is 30.5 Å². The van der Waals surface area contributed by atoms with Crippen LogP contribution in [-0.4, -0.2) is 57.0 Å². The largest absolute Gasteiger partial charge is 0.398 e. The maximum atomic E-state index is 17.6. The van der Waals surface area contributed by atoms with Crippen LogP contribution in [0.3, 0.4) is 0 Å². The molecule has 2 heterocycles. The number of alkyl halides is 1. The van der Waals surface area contributed by atoms with Crippen LogP contribution < -0.4 is 5.73 Å². The van der Waals surface area contributed by atoms with Gasteiger partial charge in [-0.15, -0.1) is 11.3 Å². The molecule has 234 valence electrons. The third kappa shape index (κ3) is 3.85. The van der Waals surface area contributed by atoms with E-state index in [1.807, 2.05) is 37.3 Å². The van der Waals surface area contributed by atoms with E-state index in [0.29, 0.717) is 42.5 Å². The number of allylic oxidation sites excluding steroid dienone is 4. The summed E-state index contributed by atoms with van der Waals surface area (Å²) in [4.78, 5) is 27.7. The molecule has 9 atom stereocenters. The molecular formula is C34H38FNO7S. The Kier molecular flexibility index (Phi) is 6.90. The number of anilines is 1. The smallest absolute Gasteiger partial charge is 0.194 e. The van der Waals surface area contributed by atoms with Crippen LogP contribution >= 0.6 is 11.3 Å². The molecule has 5 N–H and O–H groups in total. The Morgan fingerprint density at radius 1 is 1.18 bits per heavy atom. The molecule has 4 fully saturated rings. The van der Waals surface area contributed by atoms with Gasteiger partial charge in [-0.1, -0.05) is 30.7 Å². The number of aliphatic hydroxyl groups is 3. The molecule has 7 rings (SSSR count). The van der Waals surface area contributed by atoms with E-state index in [2.05, 4.69) is 0 Å². The highest BCUT2D eigenvalue weighted by Crippen LogP contribution is 2.72. The summed E-state index contributed by atoms with van der Waals surface area (Å²) in [6, 6.07) is 9.46. The maximum absolute atomic E-state index is 17.6. The van der Waals surface area contributed by atoms with E-state index in [1.165, 1.54) is 23.5 Å². The van der Waals surface area contributed by atoms with Crippen LogP contribution in [0.2, 0.25) is 0 Å². The number of hydrogen-bond donors (Lipinski definition) is 4. The van der Waals surface area contributed by atoms with Crippen LogP contribution in [0, 0.1) is 22.7 Å². The second-order valence-corrected chi connectivity index (χ2v) is 14.8. The Balaban J connectivity index is 1.19. The first-order valence-electron chi connectivity index (χ1n) is 15.3. The number of Topliss-reactive ketones (excluding diaryl/α,β-unsaturated/α-hetero) is 1. The Hall–Kier alpha value is -2.73. The summed E-state index contributed by atoms with van der Waals surface area (Å²) in [6.07, 6.45) is 3.36. The molecule has 1 saturated heterocycles. The number of benzene rings is 1. The molecule has 3 saturated carbocycles. The number of thiophene rings is 1. The van der Waals surface area contributed by atoms with Crippen molar-refractivity contribution >= 4 is 28.6 Å². The standard InChI is InChI=1S/C34H38FNO7S/c1-31-10-9-21(39)13-20(31)5-7-23-24-14-29-34(28(41)17-38,32(24,2)15-27(40)33(23,31)35)43-30(42-29)26-8-6-22(44-26)11-18-3-4-19(16-37)25(36)12-18/h3-4,6,8-10,12-13,23-24,27,29-30,37-38,40H,5,7,11,14-17,36H2,1-2H3/t23-,24-,27-,29+,30+,31-,32-,33-,34+/m0/s1. The second-order valence-electron chi connectivity index (χ2n) is 13.6. The molecule has 0 amide bonds. The van der Waals surface area contributed by atoms with Crippen molar-refractivity contribution in [1.82, 2.24) is 0 Å². The normalized spacial score (nSPS) is 40.6. The van der Waals surface area contributed by atoms with Gasteiger partial charge in [0.15, 0.2) is 29.1 Å². The Morgan fingerprint density at radius 2 is 1.98 bits per heavy atom. The number of hydrogen-bond acceptors (Lipinski definition) is 9. The van der Waals surface area contributed by atoms with Crippen molar-refractivity contribution in [2.45, 2.75) is 82.3 Å². The highest BCUT2D eigenvalue weighted by atomic mass is 32.1. The lowest BCUT2D eigenvalue weighted by Gasteiger charge is -2.62. The molecule has 10 heteroatoms. The molecule has 2 aromatic rings. The van der Waals surface area contributed by atoms with Crippen molar-refractivity contribution in [3.05, 3.63) is 75.0 Å². The first kappa shape index (κ1) is 30.0. The third-order valence-corrected chi connectivity index (χ3v) is 12.7. The lowest BCUT2D eigenvalue weighted by Crippen LogP contribution is -2.69. The zero-order valence-corrected chi connectivity index (χ0v) is 25.6. The van der Waals surface area contributed by atoms with Gasteiger partial charge in [0, 0.05) is 39.3 Å². The van der Waals surface area contributed by atoms with Crippen LogP contribution in [0.1, 0.15) is 66.7 Å². The number of ketones is 2. The highest BCUT2D eigenvalue weighted by molar-refractivity contribution is 7.12. The summed E-state index contributed by atoms with van der Waals surface area (Å²) in [5, 5.41) is 31.3. The number of halogens is 1. The fraction of sp³-hybridized carbons (Fsp3) is 0.529. The third-order valence-electron chi connectivity index (χ3n) is 11.6. The minimum atomic E-state index is -2.04. The van der Waals surface area contributed by atoms with Crippen molar-refractivity contribution in [3.63, 3.8) is 0 Å². The first-order valence-corrected chi connectivity index (χ1v) is 16.1. The lowest BCUT2D eigenvalue weighted by molar-refractivity contribution is -0.231. The minimum Gasteiger partial charge on any atom is -0.398 e. The van der Waals surface area contributed by atoms with Gasteiger partial charge in [0.25, 0.3) is 0 Å². The molecule has 1 aliphatic heterocycles. The number of nitrogens with two attached hydrogens (primary N) is 1. The molecule has 1 aromatic heterocycles. The van der Waals surface area contributed by atoms with Gasteiger partial charge in [-0.25, -0.2) is 4.39 Å². The average Bonchev–Trinajstić information content (AvgIpc) is 3.67. The number of nitrogen functional groups attached to an aromatic ring is 1. The maximum Gasteiger partial charge on any atom is 0.194 e. The van der Waals surface area contributed by atoms with Crippen molar-refractivity contribution in [3.8, 4) is 0 Å². The summed E-state index contributed by atoms with van der Waals surface area (Å²) >= 11 is 1.49. The molecule has 8 nitrogen and oxygen atoms in total. The lowest BCUT2D eigenvalue weighted by atomic mass is 9.44. The average molecular weight is 624 g/mol. The van der Waals surface area contributed by atoms with E-state index in [0.717, 1.165) is 15.3 Å². The molecule has 5 aliphatic rings. The van der Waals surface area contributed by atoms with E-state index in [9.17, 15) is 24.9 Å². The quantitative estimate of drug-likeness (QED) is 0.353. The molecule has 0 radical (unpaired) electrons. The van der Waals surface area contributed by atoms with Gasteiger partial charge in [-0.3, -0.25) is 9.59 Å². The molecule has 0 spiro atoms. The second kappa shape index (κ2) is 10.1.